The molecule has 1 aliphatic rings. The highest BCUT2D eigenvalue weighted by Gasteiger charge is 2.15. The lowest BCUT2D eigenvalue weighted by molar-refractivity contribution is 0.214. The van der Waals surface area contributed by atoms with Crippen LogP contribution in [0.3, 0.4) is 0 Å². The number of aryl methyl sites for hydroxylation is 1. The van der Waals surface area contributed by atoms with Crippen molar-refractivity contribution >= 4 is 0 Å². The first-order valence-corrected chi connectivity index (χ1v) is 7.85. The van der Waals surface area contributed by atoms with Gasteiger partial charge in [-0.2, -0.15) is 0 Å². The van der Waals surface area contributed by atoms with Gasteiger partial charge in [-0.25, -0.2) is 0 Å². The predicted octanol–water partition coefficient (Wildman–Crippen LogP) is 2.94. The van der Waals surface area contributed by atoms with E-state index < -0.39 is 0 Å². The lowest BCUT2D eigenvalue weighted by Crippen LogP contribution is -2.38. The monoisotopic (exact) mass is 260 g/mol. The number of nitrogens with zero attached hydrogens (tertiary/aromatic N) is 1. The minimum absolute atomic E-state index is 0.866. The number of hydrogen-bond acceptors (Lipinski definition) is 2. The Morgan fingerprint density at radius 3 is 2.79 bits per heavy atom. The van der Waals surface area contributed by atoms with Crippen LogP contribution in [-0.4, -0.2) is 37.6 Å². The molecule has 0 aromatic heterocycles. The van der Waals surface area contributed by atoms with Crippen molar-refractivity contribution in [1.29, 1.82) is 0 Å². The summed E-state index contributed by atoms with van der Waals surface area (Å²) in [4.78, 5) is 2.63. The smallest absolute Gasteiger partial charge is 0.00217 e. The third-order valence-corrected chi connectivity index (χ3v) is 4.15. The van der Waals surface area contributed by atoms with Gasteiger partial charge in [-0.3, -0.25) is 0 Å². The van der Waals surface area contributed by atoms with Crippen molar-refractivity contribution in [2.45, 2.75) is 32.6 Å². The normalized spacial score (nSPS) is 19.8. The van der Waals surface area contributed by atoms with Crippen LogP contribution in [-0.2, 0) is 6.42 Å². The van der Waals surface area contributed by atoms with Gasteiger partial charge >= 0.3 is 0 Å². The molecular weight excluding hydrogens is 232 g/mol. The molecule has 1 heterocycles. The van der Waals surface area contributed by atoms with E-state index in [0.29, 0.717) is 0 Å². The Morgan fingerprint density at radius 1 is 1.26 bits per heavy atom. The first-order valence-electron chi connectivity index (χ1n) is 7.85. The molecule has 1 atom stereocenters. The van der Waals surface area contributed by atoms with Gasteiger partial charge in [0.05, 0.1) is 0 Å². The van der Waals surface area contributed by atoms with Crippen LogP contribution in [0.15, 0.2) is 30.3 Å². The van der Waals surface area contributed by atoms with E-state index >= 15 is 0 Å². The molecule has 19 heavy (non-hydrogen) atoms. The topological polar surface area (TPSA) is 15.3 Å². The number of benzene rings is 1. The minimum atomic E-state index is 0.866. The molecule has 1 aromatic carbocycles. The van der Waals surface area contributed by atoms with E-state index in [9.17, 15) is 0 Å². The van der Waals surface area contributed by atoms with E-state index in [0.717, 1.165) is 5.92 Å². The van der Waals surface area contributed by atoms with E-state index in [4.69, 9.17) is 0 Å². The molecule has 1 aromatic rings. The standard InChI is InChI=1S/C17H28N2/c1-2-19(15-17-10-6-12-18-14-17)13-7-11-16-8-4-3-5-9-16/h3-5,8-9,17-18H,2,6-7,10-15H2,1H3. The highest BCUT2D eigenvalue weighted by Crippen LogP contribution is 2.12. The summed E-state index contributed by atoms with van der Waals surface area (Å²) in [6.45, 7) is 8.43. The molecule has 1 unspecified atom stereocenters. The molecule has 2 rings (SSSR count). The molecule has 0 radical (unpaired) electrons. The van der Waals surface area contributed by atoms with Gasteiger partial charge in [0.15, 0.2) is 0 Å². The van der Waals surface area contributed by atoms with Crippen LogP contribution in [0, 0.1) is 5.92 Å². The van der Waals surface area contributed by atoms with Gasteiger partial charge in [0.1, 0.15) is 0 Å². The van der Waals surface area contributed by atoms with E-state index in [1.54, 1.807) is 0 Å². The van der Waals surface area contributed by atoms with Crippen LogP contribution in [0.1, 0.15) is 31.7 Å². The first kappa shape index (κ1) is 14.5. The van der Waals surface area contributed by atoms with E-state index in [2.05, 4.69) is 47.5 Å². The van der Waals surface area contributed by atoms with Crippen molar-refractivity contribution in [3.05, 3.63) is 35.9 Å². The molecule has 1 N–H and O–H groups in total. The number of piperidine rings is 1. The molecule has 0 spiro atoms. The van der Waals surface area contributed by atoms with Crippen LogP contribution in [0.2, 0.25) is 0 Å². The van der Waals surface area contributed by atoms with Gasteiger partial charge in [0.25, 0.3) is 0 Å². The Labute approximate surface area is 118 Å². The van der Waals surface area contributed by atoms with Crippen molar-refractivity contribution < 1.29 is 0 Å². The maximum Gasteiger partial charge on any atom is 0.00217 e. The second-order valence-electron chi connectivity index (χ2n) is 5.69. The fourth-order valence-corrected chi connectivity index (χ4v) is 2.97. The zero-order valence-corrected chi connectivity index (χ0v) is 12.3. The molecule has 0 aliphatic carbocycles. The van der Waals surface area contributed by atoms with Gasteiger partial charge in [-0.15, -0.1) is 0 Å². The van der Waals surface area contributed by atoms with Crippen molar-refractivity contribution in [3.63, 3.8) is 0 Å². The van der Waals surface area contributed by atoms with Gasteiger partial charge in [0.2, 0.25) is 0 Å². The molecule has 1 fully saturated rings. The summed E-state index contributed by atoms with van der Waals surface area (Å²) in [6, 6.07) is 10.8. The number of rotatable bonds is 7. The maximum atomic E-state index is 3.52. The van der Waals surface area contributed by atoms with Crippen LogP contribution < -0.4 is 5.32 Å². The fourth-order valence-electron chi connectivity index (χ4n) is 2.97. The third-order valence-electron chi connectivity index (χ3n) is 4.15. The predicted molar refractivity (Wildman–Crippen MR) is 82.5 cm³/mol. The molecule has 2 nitrogen and oxygen atoms in total. The van der Waals surface area contributed by atoms with Gasteiger partial charge in [-0.1, -0.05) is 37.3 Å². The van der Waals surface area contributed by atoms with E-state index in [-0.39, 0.29) is 0 Å². The molecule has 1 saturated heterocycles. The van der Waals surface area contributed by atoms with E-state index in [1.165, 1.54) is 64.0 Å². The van der Waals surface area contributed by atoms with Crippen LogP contribution in [0.5, 0.6) is 0 Å². The maximum absolute atomic E-state index is 3.52. The minimum Gasteiger partial charge on any atom is -0.316 e. The number of hydrogen-bond donors (Lipinski definition) is 1. The second kappa shape index (κ2) is 8.34. The Bertz CT molecular complexity index is 330. The van der Waals surface area contributed by atoms with Crippen LogP contribution in [0.25, 0.3) is 0 Å². The summed E-state index contributed by atoms with van der Waals surface area (Å²) >= 11 is 0. The van der Waals surface area contributed by atoms with Gasteiger partial charge in [-0.05, 0) is 63.3 Å². The summed E-state index contributed by atoms with van der Waals surface area (Å²) in [6.07, 6.45) is 5.24. The highest BCUT2D eigenvalue weighted by molar-refractivity contribution is 5.14. The van der Waals surface area contributed by atoms with Crippen LogP contribution in [0.4, 0.5) is 0 Å². The molecule has 106 valence electrons. The summed E-state index contributed by atoms with van der Waals surface area (Å²) in [5, 5.41) is 3.52. The molecule has 0 saturated carbocycles. The molecule has 2 heteroatoms. The Kier molecular flexibility index (Phi) is 6.38. The first-order chi connectivity index (χ1) is 9.38. The zero-order valence-electron chi connectivity index (χ0n) is 12.3. The van der Waals surface area contributed by atoms with Gasteiger partial charge in [0, 0.05) is 6.54 Å². The summed E-state index contributed by atoms with van der Waals surface area (Å²) < 4.78 is 0. The van der Waals surface area contributed by atoms with Crippen molar-refractivity contribution in [2.75, 3.05) is 32.7 Å². The van der Waals surface area contributed by atoms with Gasteiger partial charge < -0.3 is 10.2 Å². The Balaban J connectivity index is 1.67. The summed E-state index contributed by atoms with van der Waals surface area (Å²) in [5.41, 5.74) is 1.47. The lowest BCUT2D eigenvalue weighted by Gasteiger charge is -2.29. The van der Waals surface area contributed by atoms with Crippen molar-refractivity contribution in [1.82, 2.24) is 10.2 Å². The Hall–Kier alpha value is -0.860. The second-order valence-corrected chi connectivity index (χ2v) is 5.69. The van der Waals surface area contributed by atoms with E-state index in [1.807, 2.05) is 0 Å². The average Bonchev–Trinajstić information content (AvgIpc) is 2.48. The Morgan fingerprint density at radius 2 is 2.11 bits per heavy atom. The molecule has 1 aliphatic heterocycles. The quantitative estimate of drug-likeness (QED) is 0.811. The van der Waals surface area contributed by atoms with Crippen molar-refractivity contribution in [3.8, 4) is 0 Å². The van der Waals surface area contributed by atoms with Crippen LogP contribution >= 0.6 is 0 Å². The molecule has 0 bridgehead atoms. The van der Waals surface area contributed by atoms with Crippen molar-refractivity contribution in [2.24, 2.45) is 5.92 Å². The molecule has 0 amide bonds. The number of nitrogens with one attached hydrogen (secondary N) is 1. The fraction of sp³-hybridized carbons (Fsp3) is 0.647. The largest absolute Gasteiger partial charge is 0.316 e. The summed E-state index contributed by atoms with van der Waals surface area (Å²) in [7, 11) is 0. The molecular formula is C17H28N2. The third kappa shape index (κ3) is 5.33. The SMILES string of the molecule is CCN(CCCc1ccccc1)CC1CCCNC1. The average molecular weight is 260 g/mol. The summed E-state index contributed by atoms with van der Waals surface area (Å²) in [5.74, 6) is 0.866. The zero-order chi connectivity index (χ0) is 13.3. The lowest BCUT2D eigenvalue weighted by atomic mass is 9.99. The highest BCUT2D eigenvalue weighted by atomic mass is 15.1.